The van der Waals surface area contributed by atoms with E-state index in [1.165, 1.54) is 12.1 Å². The molecule has 2 heterocycles. The molecule has 1 N–H and O–H groups in total. The molecule has 1 aliphatic rings. The molecule has 0 radical (unpaired) electrons. The first-order chi connectivity index (χ1) is 11.0. The summed E-state index contributed by atoms with van der Waals surface area (Å²) in [5.74, 6) is -0.157. The van der Waals surface area contributed by atoms with E-state index in [2.05, 4.69) is 11.5 Å². The van der Waals surface area contributed by atoms with Crippen LogP contribution in [0.5, 0.6) is 0 Å². The van der Waals surface area contributed by atoms with Gasteiger partial charge in [0.15, 0.2) is 0 Å². The van der Waals surface area contributed by atoms with Gasteiger partial charge in [-0.05, 0) is 18.9 Å². The van der Waals surface area contributed by atoms with Gasteiger partial charge in [0.25, 0.3) is 5.91 Å². The van der Waals surface area contributed by atoms with Gasteiger partial charge < -0.3 is 10.0 Å². The third kappa shape index (κ3) is 4.85. The van der Waals surface area contributed by atoms with Gasteiger partial charge in [0, 0.05) is 38.8 Å². The molecule has 1 fully saturated rings. The Morgan fingerprint density at radius 1 is 1.43 bits per heavy atom. The number of aliphatic hydroxyl groups is 1. The number of aliphatic hydroxyl groups excluding tert-OH is 1. The molecule has 8 heteroatoms. The fourth-order valence-electron chi connectivity index (χ4n) is 2.53. The topological polar surface area (TPSA) is 86.9 Å². The van der Waals surface area contributed by atoms with Crippen LogP contribution in [0.3, 0.4) is 0 Å². The Hall–Kier alpha value is -1.77. The molecule has 1 aromatic heterocycles. The number of hydrogen-bond donors (Lipinski definition) is 1. The predicted octanol–water partition coefficient (Wildman–Crippen LogP) is 1.74. The molecule has 1 amide bonds. The monoisotopic (exact) mass is 339 g/mol. The largest absolute Gasteiger partial charge is 0.392 e. The molecule has 0 aromatic carbocycles. The van der Waals surface area contributed by atoms with Crippen LogP contribution in [0, 0.1) is 10.1 Å². The minimum absolute atomic E-state index is 0.0164. The van der Waals surface area contributed by atoms with Gasteiger partial charge in [-0.2, -0.15) is 0 Å². The summed E-state index contributed by atoms with van der Waals surface area (Å²) in [5, 5.41) is 20.6. The summed E-state index contributed by atoms with van der Waals surface area (Å²) in [5.41, 5.74) is 0. The highest BCUT2D eigenvalue weighted by molar-refractivity contribution is 7.17. The Morgan fingerprint density at radius 2 is 2.13 bits per heavy atom. The van der Waals surface area contributed by atoms with Gasteiger partial charge in [0.05, 0.1) is 15.9 Å². The van der Waals surface area contributed by atoms with Crippen LogP contribution in [0.2, 0.25) is 0 Å². The number of nitrogens with zero attached hydrogens (tertiary/aromatic N) is 3. The van der Waals surface area contributed by atoms with Crippen molar-refractivity contribution in [3.05, 3.63) is 39.8 Å². The second kappa shape index (κ2) is 8.19. The van der Waals surface area contributed by atoms with Gasteiger partial charge in [0.2, 0.25) is 0 Å². The molecule has 2 rings (SSSR count). The third-order valence-corrected chi connectivity index (χ3v) is 4.84. The number of carbonyl (C=O) groups is 1. The quantitative estimate of drug-likeness (QED) is 0.464. The van der Waals surface area contributed by atoms with E-state index in [1.54, 1.807) is 11.0 Å². The molecule has 1 saturated heterocycles. The molecule has 0 bridgehead atoms. The van der Waals surface area contributed by atoms with Crippen LogP contribution in [-0.2, 0) is 0 Å². The zero-order valence-corrected chi connectivity index (χ0v) is 13.7. The first kappa shape index (κ1) is 17.6. The average molecular weight is 339 g/mol. The van der Waals surface area contributed by atoms with E-state index in [0.29, 0.717) is 44.0 Å². The Balaban J connectivity index is 1.82. The number of nitro groups is 1. The van der Waals surface area contributed by atoms with Gasteiger partial charge in [-0.3, -0.25) is 19.8 Å². The molecule has 23 heavy (non-hydrogen) atoms. The van der Waals surface area contributed by atoms with Crippen LogP contribution in [0.15, 0.2) is 24.8 Å². The first-order valence-electron chi connectivity index (χ1n) is 7.56. The van der Waals surface area contributed by atoms with Crippen molar-refractivity contribution in [1.82, 2.24) is 9.80 Å². The third-order valence-electron chi connectivity index (χ3n) is 3.82. The number of amides is 1. The van der Waals surface area contributed by atoms with Crippen LogP contribution in [0.25, 0.3) is 0 Å². The lowest BCUT2D eigenvalue weighted by molar-refractivity contribution is -0.380. The van der Waals surface area contributed by atoms with Crippen molar-refractivity contribution in [2.24, 2.45) is 0 Å². The zero-order valence-electron chi connectivity index (χ0n) is 12.9. The molecule has 1 unspecified atom stereocenters. The van der Waals surface area contributed by atoms with Crippen molar-refractivity contribution < 1.29 is 14.8 Å². The van der Waals surface area contributed by atoms with Crippen LogP contribution in [0.4, 0.5) is 5.00 Å². The van der Waals surface area contributed by atoms with Crippen molar-refractivity contribution in [1.29, 1.82) is 0 Å². The second-order valence-electron chi connectivity index (χ2n) is 5.51. The van der Waals surface area contributed by atoms with E-state index in [-0.39, 0.29) is 17.0 Å². The molecular weight excluding hydrogens is 318 g/mol. The van der Waals surface area contributed by atoms with Crippen LogP contribution >= 0.6 is 11.3 Å². The van der Waals surface area contributed by atoms with Gasteiger partial charge in [-0.15, -0.1) is 6.58 Å². The molecule has 1 aromatic rings. The minimum atomic E-state index is -0.482. The van der Waals surface area contributed by atoms with Crippen molar-refractivity contribution in [2.45, 2.75) is 18.9 Å². The molecule has 0 spiro atoms. The highest BCUT2D eigenvalue weighted by Crippen LogP contribution is 2.25. The standard InChI is InChI=1S/C15H21N3O4S/c1-2-3-4-12(19)11-16-7-9-17(10-8-16)15(20)13-5-6-14(23-13)18(21)22/h2,5-6,12,19H,1,3-4,7-11H2. The van der Waals surface area contributed by atoms with E-state index in [1.807, 2.05) is 0 Å². The number of rotatable bonds is 7. The predicted molar refractivity (Wildman–Crippen MR) is 88.8 cm³/mol. The Labute approximate surface area is 139 Å². The molecule has 126 valence electrons. The smallest absolute Gasteiger partial charge is 0.324 e. The van der Waals surface area contributed by atoms with E-state index in [4.69, 9.17) is 0 Å². The minimum Gasteiger partial charge on any atom is -0.392 e. The molecule has 0 saturated carbocycles. The number of carbonyl (C=O) groups excluding carboxylic acids is 1. The summed E-state index contributed by atoms with van der Waals surface area (Å²) in [4.78, 5) is 26.8. The molecule has 1 atom stereocenters. The average Bonchev–Trinajstić information content (AvgIpc) is 3.03. The SMILES string of the molecule is C=CCCC(O)CN1CCN(C(=O)c2ccc([N+](=O)[O-])s2)CC1. The van der Waals surface area contributed by atoms with Crippen molar-refractivity contribution in [3.8, 4) is 0 Å². The number of thiophene rings is 1. The van der Waals surface area contributed by atoms with Crippen molar-refractivity contribution >= 4 is 22.2 Å². The normalized spacial score (nSPS) is 17.0. The fourth-order valence-corrected chi connectivity index (χ4v) is 3.32. The number of hydrogen-bond acceptors (Lipinski definition) is 6. The maximum Gasteiger partial charge on any atom is 0.324 e. The lowest BCUT2D eigenvalue weighted by Crippen LogP contribution is -2.50. The zero-order chi connectivity index (χ0) is 16.8. The highest BCUT2D eigenvalue weighted by Gasteiger charge is 2.25. The summed E-state index contributed by atoms with van der Waals surface area (Å²) >= 11 is 0.910. The number of piperazine rings is 1. The van der Waals surface area contributed by atoms with E-state index >= 15 is 0 Å². The Morgan fingerprint density at radius 3 is 2.70 bits per heavy atom. The maximum atomic E-state index is 12.3. The highest BCUT2D eigenvalue weighted by atomic mass is 32.1. The summed E-state index contributed by atoms with van der Waals surface area (Å²) in [6.07, 6.45) is 2.90. The van der Waals surface area contributed by atoms with E-state index in [9.17, 15) is 20.0 Å². The molecule has 1 aliphatic heterocycles. The van der Waals surface area contributed by atoms with Gasteiger partial charge >= 0.3 is 5.00 Å². The molecular formula is C15H21N3O4S. The van der Waals surface area contributed by atoms with E-state index < -0.39 is 4.92 Å². The number of β-amino-alcohol motifs (C(OH)–C–C–N with tert-alkyl or cyclic N) is 1. The Bertz CT molecular complexity index is 567. The first-order valence-corrected chi connectivity index (χ1v) is 8.37. The van der Waals surface area contributed by atoms with Crippen LogP contribution in [0.1, 0.15) is 22.5 Å². The summed E-state index contributed by atoms with van der Waals surface area (Å²) < 4.78 is 0. The summed E-state index contributed by atoms with van der Waals surface area (Å²) in [7, 11) is 0. The number of allylic oxidation sites excluding steroid dienone is 1. The van der Waals surface area contributed by atoms with Crippen LogP contribution < -0.4 is 0 Å². The molecule has 7 nitrogen and oxygen atoms in total. The second-order valence-corrected chi connectivity index (χ2v) is 6.57. The lowest BCUT2D eigenvalue weighted by Gasteiger charge is -2.35. The summed E-state index contributed by atoms with van der Waals surface area (Å²) in [6.45, 7) is 6.77. The van der Waals surface area contributed by atoms with Gasteiger partial charge in [0.1, 0.15) is 0 Å². The van der Waals surface area contributed by atoms with Gasteiger partial charge in [-0.25, -0.2) is 0 Å². The van der Waals surface area contributed by atoms with Crippen molar-refractivity contribution in [2.75, 3.05) is 32.7 Å². The van der Waals surface area contributed by atoms with Crippen LogP contribution in [-0.4, -0.2) is 64.6 Å². The van der Waals surface area contributed by atoms with E-state index in [0.717, 1.165) is 17.8 Å². The lowest BCUT2D eigenvalue weighted by atomic mass is 10.1. The fraction of sp³-hybridized carbons (Fsp3) is 0.533. The maximum absolute atomic E-state index is 12.3. The Kier molecular flexibility index (Phi) is 6.26. The van der Waals surface area contributed by atoms with Crippen molar-refractivity contribution in [3.63, 3.8) is 0 Å². The molecule has 0 aliphatic carbocycles. The van der Waals surface area contributed by atoms with Gasteiger partial charge in [-0.1, -0.05) is 17.4 Å². The summed E-state index contributed by atoms with van der Waals surface area (Å²) in [6, 6.07) is 2.88.